The summed E-state index contributed by atoms with van der Waals surface area (Å²) in [6.45, 7) is 5.68. The first-order chi connectivity index (χ1) is 8.85. The second-order valence-electron chi connectivity index (χ2n) is 5.05. The molecule has 0 aliphatic heterocycles. The molecular weight excluding hydrogens is 246 g/mol. The Morgan fingerprint density at radius 2 is 2.05 bits per heavy atom. The van der Waals surface area contributed by atoms with Crippen molar-refractivity contribution in [2.75, 3.05) is 7.11 Å². The third-order valence-corrected chi connectivity index (χ3v) is 2.26. The number of carbonyl (C=O) groups is 2. The highest BCUT2D eigenvalue weighted by Crippen LogP contribution is 2.17. The molecule has 1 aromatic carbocycles. The third kappa shape index (κ3) is 4.99. The van der Waals surface area contributed by atoms with Crippen molar-refractivity contribution in [3.63, 3.8) is 0 Å². The first kappa shape index (κ1) is 15.0. The van der Waals surface area contributed by atoms with E-state index in [2.05, 4.69) is 5.32 Å². The summed E-state index contributed by atoms with van der Waals surface area (Å²) in [4.78, 5) is 22.4. The number of ether oxygens (including phenoxy) is 2. The van der Waals surface area contributed by atoms with Crippen LogP contribution in [0.3, 0.4) is 0 Å². The molecule has 0 unspecified atom stereocenters. The molecular formula is C14H19NO4. The molecule has 1 aromatic rings. The van der Waals surface area contributed by atoms with Crippen molar-refractivity contribution in [2.24, 2.45) is 0 Å². The zero-order chi connectivity index (χ0) is 14.5. The number of methoxy groups -OCH3 is 1. The lowest BCUT2D eigenvalue weighted by Crippen LogP contribution is -2.32. The molecule has 104 valence electrons. The average Bonchev–Trinajstić information content (AvgIpc) is 2.33. The van der Waals surface area contributed by atoms with E-state index in [1.807, 2.05) is 0 Å². The lowest BCUT2D eigenvalue weighted by atomic mass is 10.1. The standard InChI is InChI=1S/C14H19NO4/c1-14(2,3)19-13(17)15-8-10-5-6-12(18-4)11(7-10)9-16/h5-7,9H,8H2,1-4H3,(H,15,17). The van der Waals surface area contributed by atoms with E-state index in [9.17, 15) is 9.59 Å². The van der Waals surface area contributed by atoms with Crippen molar-refractivity contribution < 1.29 is 19.1 Å². The zero-order valence-electron chi connectivity index (χ0n) is 11.6. The van der Waals surface area contributed by atoms with Crippen LogP contribution in [0, 0.1) is 0 Å². The molecule has 5 nitrogen and oxygen atoms in total. The average molecular weight is 265 g/mol. The van der Waals surface area contributed by atoms with Crippen molar-refractivity contribution in [3.05, 3.63) is 29.3 Å². The minimum Gasteiger partial charge on any atom is -0.496 e. The largest absolute Gasteiger partial charge is 0.496 e. The number of rotatable bonds is 4. The van der Waals surface area contributed by atoms with Gasteiger partial charge in [0, 0.05) is 6.54 Å². The predicted octanol–water partition coefficient (Wildman–Crippen LogP) is 2.53. The Morgan fingerprint density at radius 3 is 2.58 bits per heavy atom. The van der Waals surface area contributed by atoms with E-state index in [-0.39, 0.29) is 0 Å². The summed E-state index contributed by atoms with van der Waals surface area (Å²) in [5.41, 5.74) is 0.720. The fourth-order valence-corrected chi connectivity index (χ4v) is 1.47. The molecule has 0 heterocycles. The molecule has 0 aliphatic carbocycles. The maximum absolute atomic E-state index is 11.5. The van der Waals surface area contributed by atoms with Crippen molar-refractivity contribution in [1.82, 2.24) is 5.32 Å². The van der Waals surface area contributed by atoms with Gasteiger partial charge in [-0.05, 0) is 38.5 Å². The topological polar surface area (TPSA) is 64.6 Å². The number of amides is 1. The van der Waals surface area contributed by atoms with Crippen LogP contribution in [0.15, 0.2) is 18.2 Å². The highest BCUT2D eigenvalue weighted by molar-refractivity contribution is 5.79. The summed E-state index contributed by atoms with van der Waals surface area (Å²) in [7, 11) is 1.50. The van der Waals surface area contributed by atoms with Gasteiger partial charge in [0.05, 0.1) is 12.7 Å². The summed E-state index contributed by atoms with van der Waals surface area (Å²) < 4.78 is 10.2. The van der Waals surface area contributed by atoms with Crippen LogP contribution in [0.4, 0.5) is 4.79 Å². The molecule has 5 heteroatoms. The number of hydrogen-bond acceptors (Lipinski definition) is 4. The molecule has 1 amide bonds. The Kier molecular flexibility index (Phi) is 4.92. The quantitative estimate of drug-likeness (QED) is 0.850. The molecule has 0 fully saturated rings. The van der Waals surface area contributed by atoms with Crippen molar-refractivity contribution >= 4 is 12.4 Å². The van der Waals surface area contributed by atoms with Crippen molar-refractivity contribution in [3.8, 4) is 5.75 Å². The maximum Gasteiger partial charge on any atom is 0.407 e. The second-order valence-corrected chi connectivity index (χ2v) is 5.05. The maximum atomic E-state index is 11.5. The number of hydrogen-bond donors (Lipinski definition) is 1. The highest BCUT2D eigenvalue weighted by atomic mass is 16.6. The van der Waals surface area contributed by atoms with Crippen LogP contribution in [0.1, 0.15) is 36.7 Å². The Balaban J connectivity index is 2.63. The van der Waals surface area contributed by atoms with Gasteiger partial charge in [0.2, 0.25) is 0 Å². The van der Waals surface area contributed by atoms with Gasteiger partial charge in [-0.15, -0.1) is 0 Å². The first-order valence-electron chi connectivity index (χ1n) is 5.94. The molecule has 0 radical (unpaired) electrons. The summed E-state index contributed by atoms with van der Waals surface area (Å²) >= 11 is 0. The molecule has 0 saturated heterocycles. The van der Waals surface area contributed by atoms with E-state index in [1.54, 1.807) is 39.0 Å². The van der Waals surface area contributed by atoms with Crippen LogP contribution in [0.25, 0.3) is 0 Å². The molecule has 0 saturated carbocycles. The molecule has 19 heavy (non-hydrogen) atoms. The van der Waals surface area contributed by atoms with E-state index < -0.39 is 11.7 Å². The van der Waals surface area contributed by atoms with Gasteiger partial charge in [0.15, 0.2) is 6.29 Å². The van der Waals surface area contributed by atoms with Gasteiger partial charge in [-0.1, -0.05) is 6.07 Å². The normalized spacial score (nSPS) is 10.7. The van der Waals surface area contributed by atoms with Gasteiger partial charge in [-0.3, -0.25) is 4.79 Å². The minimum atomic E-state index is -0.530. The van der Waals surface area contributed by atoms with Crippen molar-refractivity contribution in [2.45, 2.75) is 32.9 Å². The highest BCUT2D eigenvalue weighted by Gasteiger charge is 2.15. The van der Waals surface area contributed by atoms with Crippen LogP contribution in [0.5, 0.6) is 5.75 Å². The van der Waals surface area contributed by atoms with E-state index in [4.69, 9.17) is 9.47 Å². The fourth-order valence-electron chi connectivity index (χ4n) is 1.47. The van der Waals surface area contributed by atoms with E-state index in [0.29, 0.717) is 17.9 Å². The smallest absolute Gasteiger partial charge is 0.407 e. The second kappa shape index (κ2) is 6.22. The SMILES string of the molecule is COc1ccc(CNC(=O)OC(C)(C)C)cc1C=O. The minimum absolute atomic E-state index is 0.291. The van der Waals surface area contributed by atoms with Crippen LogP contribution in [-0.4, -0.2) is 25.1 Å². The van der Waals surface area contributed by atoms with Gasteiger partial charge in [-0.2, -0.15) is 0 Å². The summed E-state index contributed by atoms with van der Waals surface area (Å²) in [6, 6.07) is 5.14. The van der Waals surface area contributed by atoms with Crippen molar-refractivity contribution in [1.29, 1.82) is 0 Å². The lowest BCUT2D eigenvalue weighted by molar-refractivity contribution is 0.0523. The fraction of sp³-hybridized carbons (Fsp3) is 0.429. The van der Waals surface area contributed by atoms with Crippen LogP contribution >= 0.6 is 0 Å². The Morgan fingerprint density at radius 1 is 1.37 bits per heavy atom. The van der Waals surface area contributed by atoms with Gasteiger partial charge < -0.3 is 14.8 Å². The van der Waals surface area contributed by atoms with Gasteiger partial charge >= 0.3 is 6.09 Å². The summed E-state index contributed by atoms with van der Waals surface area (Å²) in [5.74, 6) is 0.510. The lowest BCUT2D eigenvalue weighted by Gasteiger charge is -2.19. The number of benzene rings is 1. The Hall–Kier alpha value is -2.04. The van der Waals surface area contributed by atoms with E-state index in [1.165, 1.54) is 7.11 Å². The number of alkyl carbamates (subject to hydrolysis) is 1. The predicted molar refractivity (Wildman–Crippen MR) is 71.5 cm³/mol. The van der Waals surface area contributed by atoms with Gasteiger partial charge in [-0.25, -0.2) is 4.79 Å². The molecule has 0 aromatic heterocycles. The summed E-state index contributed by atoms with van der Waals surface area (Å²) in [5, 5.41) is 2.63. The summed E-state index contributed by atoms with van der Waals surface area (Å²) in [6.07, 6.45) is 0.228. The molecule has 0 atom stereocenters. The van der Waals surface area contributed by atoms with Gasteiger partial charge in [0.1, 0.15) is 11.4 Å². The number of carbonyl (C=O) groups excluding carboxylic acids is 2. The first-order valence-corrected chi connectivity index (χ1v) is 5.94. The molecule has 0 spiro atoms. The van der Waals surface area contributed by atoms with E-state index >= 15 is 0 Å². The Labute approximate surface area is 112 Å². The Bertz CT molecular complexity index is 463. The molecule has 1 N–H and O–H groups in total. The zero-order valence-corrected chi connectivity index (χ0v) is 11.6. The number of nitrogens with one attached hydrogen (secondary N) is 1. The van der Waals surface area contributed by atoms with Crippen LogP contribution in [0.2, 0.25) is 0 Å². The van der Waals surface area contributed by atoms with Gasteiger partial charge in [0.25, 0.3) is 0 Å². The van der Waals surface area contributed by atoms with E-state index in [0.717, 1.165) is 11.8 Å². The monoisotopic (exact) mass is 265 g/mol. The number of aldehydes is 1. The molecule has 0 aliphatic rings. The van der Waals surface area contributed by atoms with Crippen LogP contribution in [-0.2, 0) is 11.3 Å². The van der Waals surface area contributed by atoms with Crippen LogP contribution < -0.4 is 10.1 Å². The third-order valence-electron chi connectivity index (χ3n) is 2.26. The molecule has 1 rings (SSSR count). The molecule has 0 bridgehead atoms.